The van der Waals surface area contributed by atoms with Crippen LogP contribution in [0.3, 0.4) is 0 Å². The largest absolute Gasteiger partial charge is 0.493 e. The molecule has 0 aromatic heterocycles. The minimum absolute atomic E-state index is 0.511. The van der Waals surface area contributed by atoms with E-state index in [2.05, 4.69) is 38.1 Å². The molecule has 0 spiro atoms. The van der Waals surface area contributed by atoms with E-state index in [1.165, 1.54) is 22.3 Å². The van der Waals surface area contributed by atoms with E-state index in [-0.39, 0.29) is 0 Å². The van der Waals surface area contributed by atoms with Crippen LogP contribution in [0.1, 0.15) is 33.9 Å². The molecule has 2 nitrogen and oxygen atoms in total. The van der Waals surface area contributed by atoms with E-state index >= 15 is 0 Å². The number of ether oxygens (including phenoxy) is 1. The molecule has 1 N–H and O–H groups in total. The number of aliphatic hydroxyl groups excluding tert-OH is 1. The van der Waals surface area contributed by atoms with Crippen LogP contribution in [0.4, 0.5) is 0 Å². The van der Waals surface area contributed by atoms with Crippen LogP contribution in [0, 0.1) is 13.8 Å². The Bertz CT molecular complexity index is 631. The molecule has 0 aliphatic carbocycles. The molecule has 1 unspecified atom stereocenters. The Morgan fingerprint density at radius 3 is 2.90 bits per heavy atom. The second-order valence-corrected chi connectivity index (χ2v) is 5.58. The SMILES string of the molecule is Cc1ccc(C)c(CC(O)c2cccc3c2OCC3)c1. The van der Waals surface area contributed by atoms with Crippen LogP contribution in [0.5, 0.6) is 5.75 Å². The first kappa shape index (κ1) is 13.2. The van der Waals surface area contributed by atoms with Gasteiger partial charge in [-0.2, -0.15) is 0 Å². The van der Waals surface area contributed by atoms with Gasteiger partial charge >= 0.3 is 0 Å². The van der Waals surface area contributed by atoms with Crippen molar-refractivity contribution >= 4 is 0 Å². The molecule has 104 valence electrons. The Morgan fingerprint density at radius 1 is 1.20 bits per heavy atom. The number of rotatable bonds is 3. The Hall–Kier alpha value is -1.80. The first-order valence-corrected chi connectivity index (χ1v) is 7.14. The van der Waals surface area contributed by atoms with Crippen LogP contribution in [0.2, 0.25) is 0 Å². The molecule has 0 radical (unpaired) electrons. The van der Waals surface area contributed by atoms with Crippen molar-refractivity contribution in [3.05, 3.63) is 64.2 Å². The van der Waals surface area contributed by atoms with Gasteiger partial charge < -0.3 is 9.84 Å². The maximum Gasteiger partial charge on any atom is 0.128 e. The van der Waals surface area contributed by atoms with Crippen LogP contribution in [0.15, 0.2) is 36.4 Å². The number of para-hydroxylation sites is 1. The molecule has 0 saturated heterocycles. The fourth-order valence-corrected chi connectivity index (χ4v) is 2.84. The highest BCUT2D eigenvalue weighted by Crippen LogP contribution is 2.35. The first-order valence-electron chi connectivity index (χ1n) is 7.14. The van der Waals surface area contributed by atoms with Crippen molar-refractivity contribution in [1.82, 2.24) is 0 Å². The van der Waals surface area contributed by atoms with Gasteiger partial charge in [-0.15, -0.1) is 0 Å². The summed E-state index contributed by atoms with van der Waals surface area (Å²) in [5.41, 5.74) is 5.78. The molecule has 2 heteroatoms. The monoisotopic (exact) mass is 268 g/mol. The standard InChI is InChI=1S/C18H20O2/c1-12-6-7-13(2)15(10-12)11-17(19)16-5-3-4-14-8-9-20-18(14)16/h3-7,10,17,19H,8-9,11H2,1-2H3. The number of fused-ring (bicyclic) bond motifs is 1. The Morgan fingerprint density at radius 2 is 2.05 bits per heavy atom. The zero-order valence-electron chi connectivity index (χ0n) is 12.0. The first-order chi connectivity index (χ1) is 9.65. The molecule has 1 heterocycles. The summed E-state index contributed by atoms with van der Waals surface area (Å²) in [5, 5.41) is 10.6. The minimum Gasteiger partial charge on any atom is -0.493 e. The fourth-order valence-electron chi connectivity index (χ4n) is 2.84. The lowest BCUT2D eigenvalue weighted by Gasteiger charge is -2.16. The summed E-state index contributed by atoms with van der Waals surface area (Å²) in [7, 11) is 0. The second-order valence-electron chi connectivity index (χ2n) is 5.58. The smallest absolute Gasteiger partial charge is 0.128 e. The van der Waals surface area contributed by atoms with E-state index in [0.29, 0.717) is 6.42 Å². The van der Waals surface area contributed by atoms with Crippen LogP contribution in [-0.2, 0) is 12.8 Å². The van der Waals surface area contributed by atoms with E-state index < -0.39 is 6.10 Å². The molecule has 2 aromatic carbocycles. The number of hydrogen-bond acceptors (Lipinski definition) is 2. The molecule has 1 aliphatic rings. The fraction of sp³-hybridized carbons (Fsp3) is 0.333. The molecule has 0 saturated carbocycles. The van der Waals surface area contributed by atoms with Crippen molar-refractivity contribution in [3.63, 3.8) is 0 Å². The van der Waals surface area contributed by atoms with Crippen molar-refractivity contribution in [2.45, 2.75) is 32.8 Å². The molecule has 1 aliphatic heterocycles. The Kier molecular flexibility index (Phi) is 3.49. The lowest BCUT2D eigenvalue weighted by Crippen LogP contribution is -2.05. The average molecular weight is 268 g/mol. The maximum absolute atomic E-state index is 10.6. The second kappa shape index (κ2) is 5.29. The summed E-state index contributed by atoms with van der Waals surface area (Å²) in [6.45, 7) is 4.90. The quantitative estimate of drug-likeness (QED) is 0.923. The Labute approximate surface area is 120 Å². The average Bonchev–Trinajstić information content (AvgIpc) is 2.91. The molecule has 3 rings (SSSR count). The van der Waals surface area contributed by atoms with Crippen molar-refractivity contribution < 1.29 is 9.84 Å². The molecule has 20 heavy (non-hydrogen) atoms. The van der Waals surface area contributed by atoms with Gasteiger partial charge in [0, 0.05) is 18.4 Å². The van der Waals surface area contributed by atoms with E-state index in [1.807, 2.05) is 12.1 Å². The van der Waals surface area contributed by atoms with Gasteiger partial charge in [-0.3, -0.25) is 0 Å². The highest BCUT2D eigenvalue weighted by molar-refractivity contribution is 5.46. The van der Waals surface area contributed by atoms with Gasteiger partial charge in [-0.05, 0) is 30.5 Å². The lowest BCUT2D eigenvalue weighted by molar-refractivity contribution is 0.173. The van der Waals surface area contributed by atoms with Crippen LogP contribution < -0.4 is 4.74 Å². The van der Waals surface area contributed by atoms with Gasteiger partial charge in [-0.25, -0.2) is 0 Å². The number of aryl methyl sites for hydroxylation is 2. The number of aliphatic hydroxyl groups is 1. The third-order valence-electron chi connectivity index (χ3n) is 4.02. The predicted octanol–water partition coefficient (Wildman–Crippen LogP) is 3.51. The summed E-state index contributed by atoms with van der Waals surface area (Å²) in [5.74, 6) is 0.894. The zero-order valence-corrected chi connectivity index (χ0v) is 12.0. The van der Waals surface area contributed by atoms with E-state index in [1.54, 1.807) is 0 Å². The molecular formula is C18H20O2. The molecule has 0 bridgehead atoms. The van der Waals surface area contributed by atoms with Crippen LogP contribution in [-0.4, -0.2) is 11.7 Å². The normalized spacial score (nSPS) is 14.8. The lowest BCUT2D eigenvalue weighted by atomic mass is 9.95. The molecule has 1 atom stereocenters. The maximum atomic E-state index is 10.6. The van der Waals surface area contributed by atoms with Gasteiger partial charge in [0.25, 0.3) is 0 Å². The summed E-state index contributed by atoms with van der Waals surface area (Å²) < 4.78 is 5.68. The summed E-state index contributed by atoms with van der Waals surface area (Å²) in [6, 6.07) is 12.4. The zero-order chi connectivity index (χ0) is 14.1. The van der Waals surface area contributed by atoms with Gasteiger partial charge in [0.15, 0.2) is 0 Å². The highest BCUT2D eigenvalue weighted by Gasteiger charge is 2.21. The van der Waals surface area contributed by atoms with Gasteiger partial charge in [0.05, 0.1) is 12.7 Å². The minimum atomic E-state index is -0.511. The summed E-state index contributed by atoms with van der Waals surface area (Å²) in [6.07, 6.45) is 1.07. The summed E-state index contributed by atoms with van der Waals surface area (Å²) in [4.78, 5) is 0. The highest BCUT2D eigenvalue weighted by atomic mass is 16.5. The third-order valence-corrected chi connectivity index (χ3v) is 4.02. The Balaban J connectivity index is 1.88. The van der Waals surface area contributed by atoms with E-state index in [4.69, 9.17) is 4.74 Å². The third kappa shape index (κ3) is 2.44. The summed E-state index contributed by atoms with van der Waals surface area (Å²) >= 11 is 0. The van der Waals surface area contributed by atoms with Crippen LogP contribution >= 0.6 is 0 Å². The van der Waals surface area contributed by atoms with Gasteiger partial charge in [0.1, 0.15) is 5.75 Å². The van der Waals surface area contributed by atoms with Crippen molar-refractivity contribution in [2.75, 3.05) is 6.61 Å². The van der Waals surface area contributed by atoms with Crippen LogP contribution in [0.25, 0.3) is 0 Å². The number of benzene rings is 2. The molecular weight excluding hydrogens is 248 g/mol. The predicted molar refractivity (Wildman–Crippen MR) is 80.2 cm³/mol. The van der Waals surface area contributed by atoms with Crippen molar-refractivity contribution in [1.29, 1.82) is 0 Å². The van der Waals surface area contributed by atoms with Gasteiger partial charge in [0.2, 0.25) is 0 Å². The number of hydrogen-bond donors (Lipinski definition) is 1. The van der Waals surface area contributed by atoms with Crippen molar-refractivity contribution in [2.24, 2.45) is 0 Å². The molecule has 2 aromatic rings. The van der Waals surface area contributed by atoms with E-state index in [9.17, 15) is 5.11 Å². The molecule has 0 fully saturated rings. The molecule has 0 amide bonds. The topological polar surface area (TPSA) is 29.5 Å². The van der Waals surface area contributed by atoms with Gasteiger partial charge in [-0.1, -0.05) is 42.0 Å². The van der Waals surface area contributed by atoms with Crippen molar-refractivity contribution in [3.8, 4) is 5.75 Å². The van der Waals surface area contributed by atoms with E-state index in [0.717, 1.165) is 24.3 Å².